The first-order valence-electron chi connectivity index (χ1n) is 5.16. The first-order valence-corrected chi connectivity index (χ1v) is 5.16. The van der Waals surface area contributed by atoms with Gasteiger partial charge in [0, 0.05) is 5.41 Å². The number of aliphatic hydroxyl groups is 2. The van der Waals surface area contributed by atoms with Gasteiger partial charge in [-0.1, -0.05) is 46.0 Å². The zero-order chi connectivity index (χ0) is 11.4. The Bertz CT molecular complexity index is 227. The highest BCUT2D eigenvalue weighted by molar-refractivity contribution is 5.19. The third-order valence-electron chi connectivity index (χ3n) is 2.34. The smallest absolute Gasteiger partial charge is 0.130 e. The van der Waals surface area contributed by atoms with Gasteiger partial charge in [-0.15, -0.1) is 0 Å². The van der Waals surface area contributed by atoms with E-state index in [0.29, 0.717) is 6.42 Å². The van der Waals surface area contributed by atoms with Crippen molar-refractivity contribution in [2.24, 2.45) is 5.41 Å². The van der Waals surface area contributed by atoms with Crippen LogP contribution in [0.25, 0.3) is 0 Å². The van der Waals surface area contributed by atoms with Crippen LogP contribution < -0.4 is 0 Å². The van der Waals surface area contributed by atoms with E-state index in [-0.39, 0.29) is 5.41 Å². The Hall–Kier alpha value is -0.520. The summed E-state index contributed by atoms with van der Waals surface area (Å²) in [4.78, 5) is 0. The van der Waals surface area contributed by atoms with Crippen molar-refractivity contribution in [1.29, 1.82) is 0 Å². The van der Waals surface area contributed by atoms with Crippen LogP contribution in [0.4, 0.5) is 0 Å². The highest BCUT2D eigenvalue weighted by atomic mass is 16.3. The average molecular weight is 198 g/mol. The third kappa shape index (κ3) is 3.69. The van der Waals surface area contributed by atoms with E-state index in [1.54, 1.807) is 6.92 Å². The maximum Gasteiger partial charge on any atom is 0.130 e. The molecule has 0 rings (SSSR count). The van der Waals surface area contributed by atoms with E-state index in [2.05, 4.69) is 11.8 Å². The summed E-state index contributed by atoms with van der Waals surface area (Å²) < 4.78 is 0. The monoisotopic (exact) mass is 198 g/mol. The van der Waals surface area contributed by atoms with E-state index in [4.69, 9.17) is 5.11 Å². The second-order valence-electron chi connectivity index (χ2n) is 4.81. The molecule has 0 aromatic rings. The van der Waals surface area contributed by atoms with Crippen molar-refractivity contribution in [2.75, 3.05) is 0 Å². The maximum absolute atomic E-state index is 10.3. The Morgan fingerprint density at radius 3 is 2.07 bits per heavy atom. The minimum absolute atomic E-state index is 0.287. The van der Waals surface area contributed by atoms with Crippen LogP contribution in [0.3, 0.4) is 0 Å². The van der Waals surface area contributed by atoms with Crippen molar-refractivity contribution in [3.05, 3.63) is 0 Å². The molecule has 0 aromatic heterocycles. The van der Waals surface area contributed by atoms with Gasteiger partial charge < -0.3 is 10.2 Å². The van der Waals surface area contributed by atoms with Gasteiger partial charge in [-0.25, -0.2) is 0 Å². The highest BCUT2D eigenvalue weighted by Gasteiger charge is 2.37. The quantitative estimate of drug-likeness (QED) is 0.666. The first-order chi connectivity index (χ1) is 6.23. The molecule has 0 aliphatic carbocycles. The second kappa shape index (κ2) is 4.82. The van der Waals surface area contributed by atoms with Crippen molar-refractivity contribution in [2.45, 2.75) is 59.2 Å². The average Bonchev–Trinajstić information content (AvgIpc) is 1.99. The summed E-state index contributed by atoms with van der Waals surface area (Å²) >= 11 is 0. The molecule has 0 amide bonds. The largest absolute Gasteiger partial charge is 0.381 e. The van der Waals surface area contributed by atoms with Gasteiger partial charge in [0.15, 0.2) is 0 Å². The third-order valence-corrected chi connectivity index (χ3v) is 2.34. The van der Waals surface area contributed by atoms with E-state index < -0.39 is 11.7 Å². The van der Waals surface area contributed by atoms with E-state index in [1.807, 2.05) is 27.7 Å². The van der Waals surface area contributed by atoms with Gasteiger partial charge in [0.1, 0.15) is 11.7 Å². The molecule has 2 atom stereocenters. The lowest BCUT2D eigenvalue weighted by atomic mass is 9.74. The Balaban J connectivity index is 4.85. The van der Waals surface area contributed by atoms with Crippen LogP contribution in [0, 0.1) is 17.3 Å². The van der Waals surface area contributed by atoms with E-state index in [0.717, 1.165) is 6.42 Å². The summed E-state index contributed by atoms with van der Waals surface area (Å²) in [6, 6.07) is 0. The molecule has 82 valence electrons. The molecule has 2 heteroatoms. The van der Waals surface area contributed by atoms with Crippen LogP contribution in [-0.2, 0) is 0 Å². The Morgan fingerprint density at radius 2 is 1.79 bits per heavy atom. The summed E-state index contributed by atoms with van der Waals surface area (Å²) in [5.41, 5.74) is -1.29. The topological polar surface area (TPSA) is 40.5 Å². The standard InChI is InChI=1S/C12H22O2/c1-6-8-12(14,11(3,4)5)9-7-10(2)13/h10,13-14H,6,8H2,1-5H3/t10-,12?/m0/s1. The normalized spacial score (nSPS) is 17.9. The molecule has 0 spiro atoms. The maximum atomic E-state index is 10.3. The molecule has 0 bridgehead atoms. The van der Waals surface area contributed by atoms with E-state index in [9.17, 15) is 5.11 Å². The van der Waals surface area contributed by atoms with Gasteiger partial charge in [-0.05, 0) is 13.3 Å². The molecule has 0 heterocycles. The lowest BCUT2D eigenvalue weighted by Crippen LogP contribution is -2.41. The van der Waals surface area contributed by atoms with Gasteiger partial charge >= 0.3 is 0 Å². The highest BCUT2D eigenvalue weighted by Crippen LogP contribution is 2.33. The minimum Gasteiger partial charge on any atom is -0.381 e. The van der Waals surface area contributed by atoms with Gasteiger partial charge in [0.2, 0.25) is 0 Å². The molecule has 2 N–H and O–H groups in total. The van der Waals surface area contributed by atoms with Crippen molar-refractivity contribution in [3.63, 3.8) is 0 Å². The molecule has 0 radical (unpaired) electrons. The molecule has 0 saturated carbocycles. The number of hydrogen-bond acceptors (Lipinski definition) is 2. The SMILES string of the molecule is CCCC(O)(C#C[C@H](C)O)C(C)(C)C. The zero-order valence-corrected chi connectivity index (χ0v) is 9.89. The Labute approximate surface area is 87.3 Å². The van der Waals surface area contributed by atoms with Gasteiger partial charge in [0.25, 0.3) is 0 Å². The lowest BCUT2D eigenvalue weighted by molar-refractivity contribution is -0.0124. The Morgan fingerprint density at radius 1 is 1.29 bits per heavy atom. The summed E-state index contributed by atoms with van der Waals surface area (Å²) in [6.45, 7) is 9.49. The van der Waals surface area contributed by atoms with Crippen LogP contribution in [0.5, 0.6) is 0 Å². The second-order valence-corrected chi connectivity index (χ2v) is 4.81. The summed E-state index contributed by atoms with van der Waals surface area (Å²) in [5.74, 6) is 5.42. The van der Waals surface area contributed by atoms with Crippen molar-refractivity contribution in [1.82, 2.24) is 0 Å². The van der Waals surface area contributed by atoms with Crippen LogP contribution in [0.1, 0.15) is 47.5 Å². The Kier molecular flexibility index (Phi) is 4.64. The van der Waals surface area contributed by atoms with Gasteiger partial charge in [0.05, 0.1) is 0 Å². The van der Waals surface area contributed by atoms with Crippen LogP contribution in [0.15, 0.2) is 0 Å². The molecule has 0 saturated heterocycles. The molecular weight excluding hydrogens is 176 g/mol. The number of hydrogen-bond donors (Lipinski definition) is 2. The molecular formula is C12H22O2. The molecule has 0 fully saturated rings. The summed E-state index contributed by atoms with van der Waals surface area (Å²) in [6.07, 6.45) is 0.833. The fourth-order valence-electron chi connectivity index (χ4n) is 1.21. The predicted molar refractivity (Wildman–Crippen MR) is 58.8 cm³/mol. The van der Waals surface area contributed by atoms with Gasteiger partial charge in [-0.3, -0.25) is 0 Å². The predicted octanol–water partition coefficient (Wildman–Crippen LogP) is 1.95. The molecule has 0 aliphatic heterocycles. The lowest BCUT2D eigenvalue weighted by Gasteiger charge is -2.35. The fourth-order valence-corrected chi connectivity index (χ4v) is 1.21. The molecule has 0 aromatic carbocycles. The van der Waals surface area contributed by atoms with Crippen molar-refractivity contribution in [3.8, 4) is 11.8 Å². The van der Waals surface area contributed by atoms with Crippen LogP contribution >= 0.6 is 0 Å². The fraction of sp³-hybridized carbons (Fsp3) is 0.833. The molecule has 2 nitrogen and oxygen atoms in total. The molecule has 1 unspecified atom stereocenters. The minimum atomic E-state index is -1.00. The van der Waals surface area contributed by atoms with Crippen LogP contribution in [0.2, 0.25) is 0 Å². The zero-order valence-electron chi connectivity index (χ0n) is 9.89. The number of aliphatic hydroxyl groups excluding tert-OH is 1. The van der Waals surface area contributed by atoms with Crippen LogP contribution in [-0.4, -0.2) is 21.9 Å². The van der Waals surface area contributed by atoms with E-state index >= 15 is 0 Å². The summed E-state index contributed by atoms with van der Waals surface area (Å²) in [5, 5.41) is 19.4. The van der Waals surface area contributed by atoms with Crippen molar-refractivity contribution < 1.29 is 10.2 Å². The van der Waals surface area contributed by atoms with E-state index in [1.165, 1.54) is 0 Å². The molecule has 14 heavy (non-hydrogen) atoms. The summed E-state index contributed by atoms with van der Waals surface area (Å²) in [7, 11) is 0. The number of rotatable bonds is 2. The first kappa shape index (κ1) is 13.5. The van der Waals surface area contributed by atoms with Gasteiger partial charge in [-0.2, -0.15) is 0 Å². The van der Waals surface area contributed by atoms with Crippen molar-refractivity contribution >= 4 is 0 Å². The molecule has 0 aliphatic rings.